The minimum atomic E-state index is -1.23. The highest BCUT2D eigenvalue weighted by atomic mass is 32.1. The molecule has 4 N–H and O–H groups in total. The van der Waals surface area contributed by atoms with Crippen LogP contribution in [0, 0.1) is 15.4 Å². The van der Waals surface area contributed by atoms with E-state index in [9.17, 15) is 24.2 Å². The topological polar surface area (TPSA) is 116 Å². The summed E-state index contributed by atoms with van der Waals surface area (Å²) in [6, 6.07) is 4.98. The molecule has 146 valence electrons. The Bertz CT molecular complexity index is 1230. The fourth-order valence-corrected chi connectivity index (χ4v) is 3.27. The Hall–Kier alpha value is -3.05. The number of aromatic nitrogens is 4. The van der Waals surface area contributed by atoms with Gasteiger partial charge in [0, 0.05) is 14.1 Å². The fourth-order valence-electron chi connectivity index (χ4n) is 2.91. The summed E-state index contributed by atoms with van der Waals surface area (Å²) in [4.78, 5) is 30.1. The van der Waals surface area contributed by atoms with Crippen molar-refractivity contribution in [1.29, 1.82) is 0 Å². The van der Waals surface area contributed by atoms with Crippen molar-refractivity contribution in [3.05, 3.63) is 77.0 Å². The van der Waals surface area contributed by atoms with E-state index in [2.05, 4.69) is 9.97 Å². The second kappa shape index (κ2) is 7.17. The predicted molar refractivity (Wildman–Crippen MR) is 104 cm³/mol. The number of halogens is 1. The van der Waals surface area contributed by atoms with Crippen LogP contribution >= 0.6 is 24.4 Å². The van der Waals surface area contributed by atoms with E-state index in [1.54, 1.807) is 0 Å². The Morgan fingerprint density at radius 1 is 0.893 bits per heavy atom. The molecule has 3 rings (SSSR count). The van der Waals surface area contributed by atoms with Crippen LogP contribution in [0.15, 0.2) is 33.9 Å². The Kier molecular flexibility index (Phi) is 5.04. The molecule has 0 saturated heterocycles. The second-order valence-electron chi connectivity index (χ2n) is 6.10. The number of aromatic amines is 2. The SMILES string of the molecule is Cn1c(O)c(C(c2ccc(F)cc2)c2c(O)n(C)c(=S)[nH]c2=O)c(=O)[nH]c1=S. The van der Waals surface area contributed by atoms with Gasteiger partial charge in [0.15, 0.2) is 9.54 Å². The monoisotopic (exact) mass is 422 g/mol. The van der Waals surface area contributed by atoms with E-state index in [1.807, 2.05) is 0 Å². The van der Waals surface area contributed by atoms with Gasteiger partial charge in [-0.3, -0.25) is 28.7 Å². The van der Waals surface area contributed by atoms with Crippen molar-refractivity contribution < 1.29 is 14.6 Å². The lowest BCUT2D eigenvalue weighted by Crippen LogP contribution is -2.27. The molecule has 3 aromatic rings. The molecule has 0 unspecified atom stereocenters. The first kappa shape index (κ1) is 19.7. The molecule has 0 fully saturated rings. The third-order valence-electron chi connectivity index (χ3n) is 4.44. The van der Waals surface area contributed by atoms with Crippen LogP contribution in [0.2, 0.25) is 0 Å². The third kappa shape index (κ3) is 3.18. The first-order chi connectivity index (χ1) is 13.1. The third-order valence-corrected chi connectivity index (χ3v) is 5.19. The lowest BCUT2D eigenvalue weighted by Gasteiger charge is -2.21. The maximum atomic E-state index is 13.4. The van der Waals surface area contributed by atoms with Gasteiger partial charge in [0.25, 0.3) is 11.1 Å². The molecule has 2 aromatic heterocycles. The van der Waals surface area contributed by atoms with E-state index in [1.165, 1.54) is 26.2 Å². The van der Waals surface area contributed by atoms with E-state index in [-0.39, 0.29) is 26.2 Å². The first-order valence-electron chi connectivity index (χ1n) is 7.93. The number of aromatic hydroxyl groups is 2. The minimum Gasteiger partial charge on any atom is -0.494 e. The van der Waals surface area contributed by atoms with Crippen LogP contribution in [-0.2, 0) is 14.1 Å². The Labute approximate surface area is 167 Å². The zero-order valence-corrected chi connectivity index (χ0v) is 16.3. The molecule has 0 aliphatic carbocycles. The van der Waals surface area contributed by atoms with Crippen molar-refractivity contribution >= 4 is 24.4 Å². The second-order valence-corrected chi connectivity index (χ2v) is 6.87. The van der Waals surface area contributed by atoms with Gasteiger partial charge < -0.3 is 10.2 Å². The van der Waals surface area contributed by atoms with Gasteiger partial charge >= 0.3 is 0 Å². The maximum absolute atomic E-state index is 13.4. The van der Waals surface area contributed by atoms with Gasteiger partial charge in [-0.15, -0.1) is 0 Å². The van der Waals surface area contributed by atoms with E-state index >= 15 is 0 Å². The molecule has 1 aromatic carbocycles. The van der Waals surface area contributed by atoms with Crippen LogP contribution < -0.4 is 11.1 Å². The average molecular weight is 422 g/mol. The summed E-state index contributed by atoms with van der Waals surface area (Å²) in [6.45, 7) is 0. The Morgan fingerprint density at radius 2 is 1.29 bits per heavy atom. The number of nitrogens with zero attached hydrogens (tertiary/aromatic N) is 2. The molecule has 0 amide bonds. The normalized spacial score (nSPS) is 11.1. The molecule has 0 spiro atoms. The molecule has 0 bridgehead atoms. The molecule has 0 atom stereocenters. The van der Waals surface area contributed by atoms with E-state index in [0.717, 1.165) is 21.3 Å². The summed E-state index contributed by atoms with van der Waals surface area (Å²) in [5.41, 5.74) is -1.68. The summed E-state index contributed by atoms with van der Waals surface area (Å²) in [6.07, 6.45) is 0. The molecule has 0 aliphatic heterocycles. The quantitative estimate of drug-likeness (QED) is 0.480. The van der Waals surface area contributed by atoms with Crippen molar-refractivity contribution in [2.24, 2.45) is 14.1 Å². The van der Waals surface area contributed by atoms with E-state index < -0.39 is 34.6 Å². The molecule has 0 aliphatic rings. The summed E-state index contributed by atoms with van der Waals surface area (Å²) < 4.78 is 15.7. The fraction of sp³-hybridized carbons (Fsp3) is 0.176. The van der Waals surface area contributed by atoms with Gasteiger partial charge in [-0.1, -0.05) is 12.1 Å². The highest BCUT2D eigenvalue weighted by Crippen LogP contribution is 2.36. The molecule has 2 heterocycles. The summed E-state index contributed by atoms with van der Waals surface area (Å²) in [5, 5.41) is 21.2. The lowest BCUT2D eigenvalue weighted by atomic mass is 9.87. The number of nitrogens with one attached hydrogen (secondary N) is 2. The van der Waals surface area contributed by atoms with Crippen LogP contribution in [0.3, 0.4) is 0 Å². The molecular weight excluding hydrogens is 407 g/mol. The van der Waals surface area contributed by atoms with Crippen LogP contribution in [-0.4, -0.2) is 29.3 Å². The van der Waals surface area contributed by atoms with Crippen LogP contribution in [0.25, 0.3) is 0 Å². The van der Waals surface area contributed by atoms with Gasteiger partial charge in [-0.25, -0.2) is 4.39 Å². The van der Waals surface area contributed by atoms with Crippen molar-refractivity contribution in [2.45, 2.75) is 5.92 Å². The van der Waals surface area contributed by atoms with Gasteiger partial charge in [-0.05, 0) is 42.1 Å². The lowest BCUT2D eigenvalue weighted by molar-refractivity contribution is 0.402. The summed E-state index contributed by atoms with van der Waals surface area (Å²) in [5.74, 6) is -2.74. The highest BCUT2D eigenvalue weighted by molar-refractivity contribution is 7.71. The molecular formula is C17H15FN4O4S2. The summed E-state index contributed by atoms with van der Waals surface area (Å²) in [7, 11) is 2.85. The largest absolute Gasteiger partial charge is 0.494 e. The number of benzene rings is 1. The highest BCUT2D eigenvalue weighted by Gasteiger charge is 2.31. The van der Waals surface area contributed by atoms with E-state index in [0.29, 0.717) is 0 Å². The van der Waals surface area contributed by atoms with Crippen molar-refractivity contribution in [1.82, 2.24) is 19.1 Å². The molecule has 8 nitrogen and oxygen atoms in total. The molecule has 11 heteroatoms. The van der Waals surface area contributed by atoms with Gasteiger partial charge in [0.2, 0.25) is 11.8 Å². The average Bonchev–Trinajstić information content (AvgIpc) is 2.64. The summed E-state index contributed by atoms with van der Waals surface area (Å²) >= 11 is 9.95. The standard InChI is InChI=1S/C17H15FN4O4S2/c1-21-14(25)10(12(23)19-16(21)27)9(7-3-5-8(18)6-4-7)11-13(24)20-17(28)22(2)15(11)26/h3-6,9,25-26H,1-2H3,(H,19,23,27)(H,20,24,28). The number of hydrogen-bond acceptors (Lipinski definition) is 6. The van der Waals surface area contributed by atoms with E-state index in [4.69, 9.17) is 24.4 Å². The van der Waals surface area contributed by atoms with Crippen molar-refractivity contribution in [2.75, 3.05) is 0 Å². The van der Waals surface area contributed by atoms with Gasteiger partial charge in [-0.2, -0.15) is 0 Å². The van der Waals surface area contributed by atoms with Crippen LogP contribution in [0.4, 0.5) is 4.39 Å². The number of rotatable bonds is 3. The number of hydrogen-bond donors (Lipinski definition) is 4. The zero-order valence-electron chi connectivity index (χ0n) is 14.7. The van der Waals surface area contributed by atoms with Crippen molar-refractivity contribution in [3.8, 4) is 11.8 Å². The number of H-pyrrole nitrogens is 2. The smallest absolute Gasteiger partial charge is 0.259 e. The Morgan fingerprint density at radius 3 is 1.68 bits per heavy atom. The molecule has 28 heavy (non-hydrogen) atoms. The van der Waals surface area contributed by atoms with Gasteiger partial charge in [0.05, 0.1) is 17.0 Å². The minimum absolute atomic E-state index is 0.0336. The first-order valence-corrected chi connectivity index (χ1v) is 8.75. The van der Waals surface area contributed by atoms with Crippen LogP contribution in [0.5, 0.6) is 11.8 Å². The Balaban J connectivity index is 2.49. The predicted octanol–water partition coefficient (Wildman–Crippen LogP) is 1.93. The van der Waals surface area contributed by atoms with Crippen LogP contribution in [0.1, 0.15) is 22.6 Å². The van der Waals surface area contributed by atoms with Gasteiger partial charge in [0.1, 0.15) is 5.82 Å². The zero-order chi connectivity index (χ0) is 20.7. The van der Waals surface area contributed by atoms with Crippen molar-refractivity contribution in [3.63, 3.8) is 0 Å². The molecule has 0 radical (unpaired) electrons. The molecule has 0 saturated carbocycles. The maximum Gasteiger partial charge on any atom is 0.259 e.